The van der Waals surface area contributed by atoms with Crippen LogP contribution in [0.1, 0.15) is 51.1 Å². The number of benzene rings is 1. The number of unbranched alkanes of at least 4 members (excludes halogenated alkanes) is 1. The molecule has 0 aliphatic rings. The molecule has 0 saturated heterocycles. The zero-order valence-corrected chi connectivity index (χ0v) is 18.3. The van der Waals surface area contributed by atoms with E-state index in [2.05, 4.69) is 32.9 Å². The number of methoxy groups -OCH3 is 1. The number of nitrogens with zero attached hydrogens (tertiary/aromatic N) is 4. The predicted molar refractivity (Wildman–Crippen MR) is 111 cm³/mol. The highest BCUT2D eigenvalue weighted by atomic mass is 35.5. The lowest BCUT2D eigenvalue weighted by atomic mass is 9.98. The van der Waals surface area contributed by atoms with E-state index >= 15 is 0 Å². The molecule has 1 aromatic carbocycles. The lowest BCUT2D eigenvalue weighted by Crippen LogP contribution is -2.19. The number of ether oxygens (including phenoxy) is 1. The molecule has 6 nitrogen and oxygen atoms in total. The van der Waals surface area contributed by atoms with Crippen LogP contribution in [0, 0.1) is 0 Å². The molecule has 0 amide bonds. The van der Waals surface area contributed by atoms with E-state index in [1.54, 1.807) is 36.6 Å². The molecule has 2 rings (SSSR count). The second-order valence-electron chi connectivity index (χ2n) is 7.07. The molecular weight excluding hydrogens is 384 g/mol. The number of hydrogen-bond acceptors (Lipinski definition) is 5. The van der Waals surface area contributed by atoms with Gasteiger partial charge in [0.05, 0.1) is 12.7 Å². The molecule has 0 aliphatic heterocycles. The third-order valence-corrected chi connectivity index (χ3v) is 5.37. The van der Waals surface area contributed by atoms with Crippen molar-refractivity contribution in [3.63, 3.8) is 0 Å². The van der Waals surface area contributed by atoms with Crippen molar-refractivity contribution in [1.29, 1.82) is 0 Å². The van der Waals surface area contributed by atoms with Crippen molar-refractivity contribution in [3.8, 4) is 5.75 Å². The van der Waals surface area contributed by atoms with Gasteiger partial charge in [0.2, 0.25) is 10.6 Å². The van der Waals surface area contributed by atoms with Crippen LogP contribution in [0.15, 0.2) is 28.3 Å². The van der Waals surface area contributed by atoms with Crippen LogP contribution >= 0.6 is 22.9 Å². The summed E-state index contributed by atoms with van der Waals surface area (Å²) in [5, 5.41) is 10.5. The Bertz CT molecular complexity index is 865. The number of rotatable bonds is 6. The summed E-state index contributed by atoms with van der Waals surface area (Å²) in [7, 11) is 3.09. The highest BCUT2D eigenvalue weighted by molar-refractivity contribution is 7.09. The maximum atomic E-state index is 6.18. The maximum absolute atomic E-state index is 6.18. The number of aryl methyl sites for hydroxylation is 1. The van der Waals surface area contributed by atoms with Crippen LogP contribution in [-0.2, 0) is 16.8 Å². The molecule has 0 radical (unpaired) electrons. The third-order valence-electron chi connectivity index (χ3n) is 3.77. The van der Waals surface area contributed by atoms with Crippen LogP contribution in [0.2, 0.25) is 5.02 Å². The van der Waals surface area contributed by atoms with E-state index in [4.69, 9.17) is 31.3 Å². The molecule has 0 spiro atoms. The van der Waals surface area contributed by atoms with Crippen molar-refractivity contribution in [2.75, 3.05) is 14.2 Å². The lowest BCUT2D eigenvalue weighted by molar-refractivity contribution is 0.213. The van der Waals surface area contributed by atoms with Crippen molar-refractivity contribution in [1.82, 2.24) is 9.78 Å². The molecule has 8 heteroatoms. The number of oxime groups is 1. The second kappa shape index (κ2) is 9.37. The highest BCUT2D eigenvalue weighted by Gasteiger charge is 2.20. The first-order chi connectivity index (χ1) is 12.8. The molecule has 0 atom stereocenters. The first kappa shape index (κ1) is 21.4. The second-order valence-corrected chi connectivity index (χ2v) is 8.46. The maximum Gasteiger partial charge on any atom is 0.209 e. The fourth-order valence-corrected chi connectivity index (χ4v) is 3.47. The van der Waals surface area contributed by atoms with Gasteiger partial charge in [-0.15, -0.1) is 0 Å². The molecule has 1 aromatic heterocycles. The molecule has 1 heterocycles. The van der Waals surface area contributed by atoms with Crippen molar-refractivity contribution < 1.29 is 9.57 Å². The zero-order chi connectivity index (χ0) is 20.0. The highest BCUT2D eigenvalue weighted by Crippen LogP contribution is 2.25. The van der Waals surface area contributed by atoms with Gasteiger partial charge in [-0.2, -0.15) is 10.1 Å². The largest absolute Gasteiger partial charge is 0.496 e. The van der Waals surface area contributed by atoms with E-state index in [0.29, 0.717) is 22.2 Å². The summed E-state index contributed by atoms with van der Waals surface area (Å²) in [5.74, 6) is 1.02. The molecular formula is C19H27ClN4O2S. The minimum absolute atomic E-state index is 0.0568. The van der Waals surface area contributed by atoms with E-state index in [9.17, 15) is 0 Å². The van der Waals surface area contributed by atoms with Crippen LogP contribution in [0.4, 0.5) is 0 Å². The summed E-state index contributed by atoms with van der Waals surface area (Å²) in [5.41, 5.74) is 0.609. The van der Waals surface area contributed by atoms with Crippen molar-refractivity contribution in [2.24, 2.45) is 10.1 Å². The third kappa shape index (κ3) is 5.56. The summed E-state index contributed by atoms with van der Waals surface area (Å²) in [6.45, 7) is 9.38. The molecule has 0 aliphatic carbocycles. The minimum Gasteiger partial charge on any atom is -0.496 e. The van der Waals surface area contributed by atoms with Crippen molar-refractivity contribution >= 4 is 28.8 Å². The van der Waals surface area contributed by atoms with Crippen LogP contribution in [-0.4, -0.2) is 29.8 Å². The van der Waals surface area contributed by atoms with E-state index in [-0.39, 0.29) is 5.41 Å². The Labute approximate surface area is 169 Å². The standard InChI is InChI=1S/C19H27ClN4O2S/c1-7-8-11-24-18(27-17(22-24)19(2,3)4)21-16(23-26-6)14-12-13(20)9-10-15(14)25-5/h9-10,12H,7-8,11H2,1-6H3/b21-18-,23-16?. The summed E-state index contributed by atoms with van der Waals surface area (Å²) >= 11 is 7.74. The summed E-state index contributed by atoms with van der Waals surface area (Å²) < 4.78 is 7.39. The quantitative estimate of drug-likeness (QED) is 0.396. The minimum atomic E-state index is -0.0568. The van der Waals surface area contributed by atoms with Gasteiger partial charge in [0.15, 0.2) is 0 Å². The van der Waals surface area contributed by atoms with Gasteiger partial charge in [-0.3, -0.25) is 0 Å². The van der Waals surface area contributed by atoms with E-state index in [1.165, 1.54) is 7.11 Å². The summed E-state index contributed by atoms with van der Waals surface area (Å²) in [6, 6.07) is 5.32. The topological polar surface area (TPSA) is 61.0 Å². The molecule has 27 heavy (non-hydrogen) atoms. The van der Waals surface area contributed by atoms with Gasteiger partial charge < -0.3 is 9.57 Å². The van der Waals surface area contributed by atoms with E-state index in [1.807, 2.05) is 4.68 Å². The van der Waals surface area contributed by atoms with Gasteiger partial charge in [-0.25, -0.2) is 4.68 Å². The SMILES string of the molecule is CCCCn1nc(C(C)(C)C)s/c1=N\C(=NOC)c1cc(Cl)ccc1OC. The zero-order valence-electron chi connectivity index (χ0n) is 16.7. The Kier molecular flexibility index (Phi) is 7.44. The van der Waals surface area contributed by atoms with Crippen LogP contribution in [0.25, 0.3) is 0 Å². The first-order valence-electron chi connectivity index (χ1n) is 8.88. The van der Waals surface area contributed by atoms with Crippen molar-refractivity contribution in [3.05, 3.63) is 38.6 Å². The molecule has 2 aromatic rings. The summed E-state index contributed by atoms with van der Waals surface area (Å²) in [6.07, 6.45) is 2.10. The number of amidine groups is 1. The Morgan fingerprint density at radius 1 is 1.30 bits per heavy atom. The molecule has 0 fully saturated rings. The fraction of sp³-hybridized carbons (Fsp3) is 0.526. The van der Waals surface area contributed by atoms with Crippen LogP contribution in [0.3, 0.4) is 0 Å². The van der Waals surface area contributed by atoms with Gasteiger partial charge in [-0.1, -0.05) is 62.2 Å². The van der Waals surface area contributed by atoms with Gasteiger partial charge in [0, 0.05) is 17.0 Å². The molecule has 0 unspecified atom stereocenters. The molecule has 0 N–H and O–H groups in total. The first-order valence-corrected chi connectivity index (χ1v) is 10.1. The lowest BCUT2D eigenvalue weighted by Gasteiger charge is -2.12. The fourth-order valence-electron chi connectivity index (χ4n) is 2.31. The van der Waals surface area contributed by atoms with Gasteiger partial charge in [0.25, 0.3) is 0 Å². The Morgan fingerprint density at radius 3 is 2.63 bits per heavy atom. The Balaban J connectivity index is 2.63. The Hall–Kier alpha value is -1.86. The average Bonchev–Trinajstić information content (AvgIpc) is 3.02. The van der Waals surface area contributed by atoms with Crippen LogP contribution < -0.4 is 9.54 Å². The van der Waals surface area contributed by atoms with Gasteiger partial charge in [-0.05, 0) is 24.6 Å². The number of hydrogen-bond donors (Lipinski definition) is 0. The smallest absolute Gasteiger partial charge is 0.209 e. The predicted octanol–water partition coefficient (Wildman–Crippen LogP) is 4.61. The monoisotopic (exact) mass is 410 g/mol. The van der Waals surface area contributed by atoms with E-state index < -0.39 is 0 Å². The summed E-state index contributed by atoms with van der Waals surface area (Å²) in [4.78, 5) is 10.6. The van der Waals surface area contributed by atoms with Crippen LogP contribution in [0.5, 0.6) is 5.75 Å². The van der Waals surface area contributed by atoms with Gasteiger partial charge in [0.1, 0.15) is 17.9 Å². The van der Waals surface area contributed by atoms with E-state index in [0.717, 1.165) is 29.2 Å². The normalized spacial score (nSPS) is 13.1. The van der Waals surface area contributed by atoms with Crippen molar-refractivity contribution in [2.45, 2.75) is 52.5 Å². The molecule has 0 saturated carbocycles. The number of halogens is 1. The number of aromatic nitrogens is 2. The molecule has 148 valence electrons. The average molecular weight is 411 g/mol. The Morgan fingerprint density at radius 2 is 2.04 bits per heavy atom. The molecule has 0 bridgehead atoms. The van der Waals surface area contributed by atoms with Gasteiger partial charge >= 0.3 is 0 Å².